The number of halogens is 4. The molecule has 2 aromatic rings. The summed E-state index contributed by atoms with van der Waals surface area (Å²) in [6.07, 6.45) is -0.831. The van der Waals surface area contributed by atoms with E-state index < -0.39 is 12.1 Å². The van der Waals surface area contributed by atoms with Crippen molar-refractivity contribution in [1.82, 2.24) is 5.32 Å². The number of aliphatic hydroxyl groups excluding tert-OH is 1. The fourth-order valence-corrected chi connectivity index (χ4v) is 3.15. The van der Waals surface area contributed by atoms with Crippen LogP contribution in [-0.4, -0.2) is 42.4 Å². The van der Waals surface area contributed by atoms with Crippen molar-refractivity contribution in [2.24, 2.45) is 0 Å². The maximum atomic E-state index is 10.9. The van der Waals surface area contributed by atoms with E-state index in [1.807, 2.05) is 13.0 Å². The Kier molecular flexibility index (Phi) is 13.2. The minimum Gasteiger partial charge on any atom is -0.496 e. The van der Waals surface area contributed by atoms with Gasteiger partial charge in [0.05, 0.1) is 30.3 Å². The molecule has 10 heteroatoms. The minimum atomic E-state index is -0.953. The molecule has 4 N–H and O–H groups in total. The molecule has 0 saturated heterocycles. The maximum Gasteiger partial charge on any atom is 0.307 e. The third-order valence-corrected chi connectivity index (χ3v) is 4.75. The number of anilines is 1. The summed E-state index contributed by atoms with van der Waals surface area (Å²) in [5, 5.41) is 26.7. The van der Waals surface area contributed by atoms with Crippen molar-refractivity contribution in [3.8, 4) is 5.75 Å². The van der Waals surface area contributed by atoms with Crippen molar-refractivity contribution < 1.29 is 19.7 Å². The number of carbonyl (C=O) groups is 1. The van der Waals surface area contributed by atoms with E-state index in [4.69, 9.17) is 33.0 Å². The third kappa shape index (κ3) is 8.76. The molecule has 0 amide bonds. The number of benzene rings is 2. The number of carboxylic acid groups (broad SMARTS) is 1. The van der Waals surface area contributed by atoms with Crippen LogP contribution >= 0.6 is 48.0 Å². The van der Waals surface area contributed by atoms with Crippen molar-refractivity contribution in [3.05, 3.63) is 57.6 Å². The van der Waals surface area contributed by atoms with Gasteiger partial charge in [0.15, 0.2) is 0 Å². The summed E-state index contributed by atoms with van der Waals surface area (Å²) in [5.74, 6) is -0.488. The normalized spacial score (nSPS) is 12.2. The van der Waals surface area contributed by atoms with Crippen molar-refractivity contribution in [2.45, 2.75) is 25.5 Å². The van der Waals surface area contributed by atoms with Gasteiger partial charge in [-0.25, -0.2) is 0 Å². The van der Waals surface area contributed by atoms with Crippen molar-refractivity contribution in [1.29, 1.82) is 0 Å². The zero-order valence-corrected chi connectivity index (χ0v) is 19.7. The predicted octanol–water partition coefficient (Wildman–Crippen LogP) is 4.60. The molecule has 2 rings (SSSR count). The van der Waals surface area contributed by atoms with Gasteiger partial charge in [-0.2, -0.15) is 0 Å². The highest BCUT2D eigenvalue weighted by Crippen LogP contribution is 2.31. The number of methoxy groups -OCH3 is 1. The summed E-state index contributed by atoms with van der Waals surface area (Å²) < 4.78 is 5.26. The summed E-state index contributed by atoms with van der Waals surface area (Å²) in [7, 11) is 1.49. The Balaban J connectivity index is 0.00000420. The van der Waals surface area contributed by atoms with Gasteiger partial charge in [0, 0.05) is 35.8 Å². The highest BCUT2D eigenvalue weighted by atomic mass is 35.5. The molecule has 0 aliphatic heterocycles. The van der Waals surface area contributed by atoms with Crippen LogP contribution in [0.25, 0.3) is 0 Å². The van der Waals surface area contributed by atoms with Gasteiger partial charge in [0.25, 0.3) is 0 Å². The van der Waals surface area contributed by atoms with E-state index >= 15 is 0 Å². The van der Waals surface area contributed by atoms with E-state index in [1.54, 1.807) is 30.3 Å². The van der Waals surface area contributed by atoms with Gasteiger partial charge in [-0.15, -0.1) is 24.8 Å². The molecule has 0 saturated carbocycles. The average Bonchev–Trinajstić information content (AvgIpc) is 2.65. The largest absolute Gasteiger partial charge is 0.496 e. The van der Waals surface area contributed by atoms with Crippen LogP contribution < -0.4 is 15.4 Å². The SMILES string of the molecule is COc1cc(NCC(C)NCC(O)c2cccc(Cl)c2)c(Cl)cc1CC(=O)O.Cl.Cl. The quantitative estimate of drug-likeness (QED) is 0.382. The summed E-state index contributed by atoms with van der Waals surface area (Å²) >= 11 is 12.2. The lowest BCUT2D eigenvalue weighted by molar-refractivity contribution is -0.136. The lowest BCUT2D eigenvalue weighted by Gasteiger charge is -2.20. The number of aliphatic carboxylic acids is 1. The van der Waals surface area contributed by atoms with E-state index in [0.29, 0.717) is 40.1 Å². The van der Waals surface area contributed by atoms with Crippen molar-refractivity contribution in [3.63, 3.8) is 0 Å². The van der Waals surface area contributed by atoms with Crippen LogP contribution in [0.3, 0.4) is 0 Å². The third-order valence-electron chi connectivity index (χ3n) is 4.20. The Hall–Kier alpha value is -1.41. The van der Waals surface area contributed by atoms with Crippen molar-refractivity contribution in [2.75, 3.05) is 25.5 Å². The van der Waals surface area contributed by atoms with E-state index in [9.17, 15) is 9.90 Å². The van der Waals surface area contributed by atoms with Crippen LogP contribution in [-0.2, 0) is 11.2 Å². The van der Waals surface area contributed by atoms with Crippen LogP contribution in [0.5, 0.6) is 5.75 Å². The molecule has 0 spiro atoms. The Morgan fingerprint density at radius 3 is 2.47 bits per heavy atom. The van der Waals surface area contributed by atoms with Gasteiger partial charge in [0.2, 0.25) is 0 Å². The van der Waals surface area contributed by atoms with Gasteiger partial charge in [-0.05, 0) is 30.7 Å². The van der Waals surface area contributed by atoms with E-state index in [0.717, 1.165) is 5.56 Å². The van der Waals surface area contributed by atoms with Crippen molar-refractivity contribution >= 4 is 59.7 Å². The molecule has 0 fully saturated rings. The highest BCUT2D eigenvalue weighted by molar-refractivity contribution is 6.33. The van der Waals surface area contributed by atoms with E-state index in [1.165, 1.54) is 7.11 Å². The number of carboxylic acids is 1. The molecule has 0 aliphatic rings. The zero-order chi connectivity index (χ0) is 20.7. The molecule has 0 radical (unpaired) electrons. The molecule has 0 aromatic heterocycles. The predicted molar refractivity (Wildman–Crippen MR) is 126 cm³/mol. The van der Waals surface area contributed by atoms with Gasteiger partial charge in [0.1, 0.15) is 5.75 Å². The Morgan fingerprint density at radius 1 is 1.17 bits per heavy atom. The number of rotatable bonds is 10. The fraction of sp³-hybridized carbons (Fsp3) is 0.350. The van der Waals surface area contributed by atoms with Gasteiger partial charge < -0.3 is 25.6 Å². The second kappa shape index (κ2) is 13.8. The minimum absolute atomic E-state index is 0. The summed E-state index contributed by atoms with van der Waals surface area (Å²) in [4.78, 5) is 10.9. The smallest absolute Gasteiger partial charge is 0.307 e. The molecule has 2 atom stereocenters. The molecule has 0 heterocycles. The molecule has 2 unspecified atom stereocenters. The van der Waals surface area contributed by atoms with Gasteiger partial charge >= 0.3 is 5.97 Å². The molecule has 30 heavy (non-hydrogen) atoms. The number of hydrogen-bond donors (Lipinski definition) is 4. The second-order valence-corrected chi connectivity index (χ2v) is 7.32. The number of hydrogen-bond acceptors (Lipinski definition) is 5. The Bertz CT molecular complexity index is 823. The molecule has 2 aromatic carbocycles. The highest BCUT2D eigenvalue weighted by Gasteiger charge is 2.14. The first-order valence-electron chi connectivity index (χ1n) is 8.79. The summed E-state index contributed by atoms with van der Waals surface area (Å²) in [6, 6.07) is 10.4. The van der Waals surface area contributed by atoms with E-state index in [2.05, 4.69) is 10.6 Å². The molecule has 168 valence electrons. The fourth-order valence-electron chi connectivity index (χ4n) is 2.70. The lowest BCUT2D eigenvalue weighted by atomic mass is 10.1. The summed E-state index contributed by atoms with van der Waals surface area (Å²) in [5.41, 5.74) is 1.92. The second-order valence-electron chi connectivity index (χ2n) is 6.48. The summed E-state index contributed by atoms with van der Waals surface area (Å²) in [6.45, 7) is 2.89. The Labute approximate surface area is 198 Å². The van der Waals surface area contributed by atoms with Crippen LogP contribution in [0, 0.1) is 0 Å². The monoisotopic (exact) mass is 498 g/mol. The number of nitrogens with one attached hydrogen (secondary N) is 2. The average molecular weight is 500 g/mol. The standard InChI is InChI=1S/C20H24Cl2N2O4.2ClH/c1-12(23-11-18(25)13-4-3-5-15(21)6-13)10-24-17-9-19(28-2)14(7-16(17)22)8-20(26)27;;/h3-7,9,12,18,23-25H,8,10-11H2,1-2H3,(H,26,27);2*1H. The van der Waals surface area contributed by atoms with Crippen LogP contribution in [0.1, 0.15) is 24.2 Å². The van der Waals surface area contributed by atoms with Crippen LogP contribution in [0.2, 0.25) is 10.0 Å². The molecule has 0 bridgehead atoms. The maximum absolute atomic E-state index is 10.9. The molecule has 0 aliphatic carbocycles. The molecule has 6 nitrogen and oxygen atoms in total. The van der Waals surface area contributed by atoms with Crippen LogP contribution in [0.4, 0.5) is 5.69 Å². The van der Waals surface area contributed by atoms with Gasteiger partial charge in [-0.3, -0.25) is 4.79 Å². The van der Waals surface area contributed by atoms with Gasteiger partial charge in [-0.1, -0.05) is 35.3 Å². The van der Waals surface area contributed by atoms with E-state index in [-0.39, 0.29) is 37.3 Å². The topological polar surface area (TPSA) is 90.8 Å². The lowest BCUT2D eigenvalue weighted by Crippen LogP contribution is -2.35. The molecular formula is C20H26Cl4N2O4. The zero-order valence-electron chi connectivity index (χ0n) is 16.5. The number of aliphatic hydroxyl groups is 1. The Morgan fingerprint density at radius 2 is 1.87 bits per heavy atom. The molecular weight excluding hydrogens is 474 g/mol. The first-order chi connectivity index (χ1) is 13.3. The first kappa shape index (κ1) is 28.6. The first-order valence-corrected chi connectivity index (χ1v) is 9.54. The van der Waals surface area contributed by atoms with Crippen LogP contribution in [0.15, 0.2) is 36.4 Å². The number of ether oxygens (including phenoxy) is 1.